The van der Waals surface area contributed by atoms with E-state index in [1.54, 1.807) is 0 Å². The lowest BCUT2D eigenvalue weighted by Crippen LogP contribution is -1.96. The van der Waals surface area contributed by atoms with Crippen molar-refractivity contribution >= 4 is 17.4 Å². The van der Waals surface area contributed by atoms with E-state index in [9.17, 15) is 18.0 Å². The number of carbonyl (C=O) groups is 1. The van der Waals surface area contributed by atoms with Crippen LogP contribution in [0, 0.1) is 17.5 Å². The smallest absolute Gasteiger partial charge is 0.160 e. The van der Waals surface area contributed by atoms with Crippen LogP contribution in [0.25, 0.3) is 11.1 Å². The summed E-state index contributed by atoms with van der Waals surface area (Å²) in [5.41, 5.74) is 0.218. The van der Waals surface area contributed by atoms with E-state index in [-0.39, 0.29) is 27.5 Å². The van der Waals surface area contributed by atoms with E-state index < -0.39 is 17.5 Å². The van der Waals surface area contributed by atoms with Crippen molar-refractivity contribution in [3.05, 3.63) is 58.4 Å². The summed E-state index contributed by atoms with van der Waals surface area (Å²) in [4.78, 5) is 11.3. The van der Waals surface area contributed by atoms with Crippen molar-refractivity contribution < 1.29 is 18.0 Å². The standard InChI is InChI=1S/C14H8ClF3O/c1-7(19)8-2-3-12(16)10(4-8)9-5-13(17)14(18)6-11(9)15/h2-6H,1H3. The van der Waals surface area contributed by atoms with E-state index in [1.807, 2.05) is 0 Å². The molecule has 0 bridgehead atoms. The molecule has 0 fully saturated rings. The molecule has 0 radical (unpaired) electrons. The Kier molecular flexibility index (Phi) is 3.62. The van der Waals surface area contributed by atoms with Crippen LogP contribution in [0.2, 0.25) is 5.02 Å². The molecule has 0 unspecified atom stereocenters. The molecule has 0 aliphatic heterocycles. The SMILES string of the molecule is CC(=O)c1ccc(F)c(-c2cc(F)c(F)cc2Cl)c1. The van der Waals surface area contributed by atoms with E-state index in [0.29, 0.717) is 0 Å². The molecule has 0 atom stereocenters. The van der Waals surface area contributed by atoms with Crippen molar-refractivity contribution in [1.29, 1.82) is 0 Å². The summed E-state index contributed by atoms with van der Waals surface area (Å²) in [7, 11) is 0. The molecule has 2 rings (SSSR count). The van der Waals surface area contributed by atoms with Gasteiger partial charge in [-0.2, -0.15) is 0 Å². The highest BCUT2D eigenvalue weighted by molar-refractivity contribution is 6.33. The molecule has 5 heteroatoms. The normalized spacial score (nSPS) is 10.6. The molecule has 19 heavy (non-hydrogen) atoms. The summed E-state index contributed by atoms with van der Waals surface area (Å²) < 4.78 is 39.9. The van der Waals surface area contributed by atoms with Crippen LogP contribution in [0.15, 0.2) is 30.3 Å². The van der Waals surface area contributed by atoms with E-state index in [4.69, 9.17) is 11.6 Å². The maximum Gasteiger partial charge on any atom is 0.160 e. The zero-order valence-electron chi connectivity index (χ0n) is 9.81. The van der Waals surface area contributed by atoms with Gasteiger partial charge in [-0.25, -0.2) is 13.2 Å². The number of halogens is 4. The van der Waals surface area contributed by atoms with Gasteiger partial charge in [-0.1, -0.05) is 11.6 Å². The Morgan fingerprint density at radius 3 is 2.21 bits per heavy atom. The summed E-state index contributed by atoms with van der Waals surface area (Å²) in [5, 5.41) is -0.126. The maximum atomic E-state index is 13.7. The van der Waals surface area contributed by atoms with Gasteiger partial charge in [-0.15, -0.1) is 0 Å². The number of rotatable bonds is 2. The minimum atomic E-state index is -1.13. The lowest BCUT2D eigenvalue weighted by atomic mass is 10.0. The molecule has 0 N–H and O–H groups in total. The summed E-state index contributed by atoms with van der Waals surface area (Å²) >= 11 is 5.78. The van der Waals surface area contributed by atoms with E-state index in [1.165, 1.54) is 19.1 Å². The summed E-state index contributed by atoms with van der Waals surface area (Å²) in [5.74, 6) is -3.18. The van der Waals surface area contributed by atoms with Crippen molar-refractivity contribution in [2.45, 2.75) is 6.92 Å². The first-order chi connectivity index (χ1) is 8.90. The Labute approximate surface area is 112 Å². The van der Waals surface area contributed by atoms with Crippen LogP contribution in [0.4, 0.5) is 13.2 Å². The molecule has 0 saturated heterocycles. The molecule has 2 aromatic rings. The van der Waals surface area contributed by atoms with Gasteiger partial charge >= 0.3 is 0 Å². The van der Waals surface area contributed by atoms with Gasteiger partial charge in [0.1, 0.15) is 5.82 Å². The zero-order chi connectivity index (χ0) is 14.2. The van der Waals surface area contributed by atoms with Crippen LogP contribution in [-0.4, -0.2) is 5.78 Å². The Morgan fingerprint density at radius 1 is 0.947 bits per heavy atom. The molecule has 0 aliphatic carbocycles. The number of hydrogen-bond acceptors (Lipinski definition) is 1. The van der Waals surface area contributed by atoms with Crippen molar-refractivity contribution in [3.63, 3.8) is 0 Å². The highest BCUT2D eigenvalue weighted by Gasteiger charge is 2.15. The van der Waals surface area contributed by atoms with Crippen molar-refractivity contribution in [3.8, 4) is 11.1 Å². The van der Waals surface area contributed by atoms with Crippen molar-refractivity contribution in [1.82, 2.24) is 0 Å². The molecule has 1 nitrogen and oxygen atoms in total. The number of ketones is 1. The predicted octanol–water partition coefficient (Wildman–Crippen LogP) is 4.63. The van der Waals surface area contributed by atoms with Gasteiger partial charge in [0.2, 0.25) is 0 Å². The van der Waals surface area contributed by atoms with Gasteiger partial charge in [0, 0.05) is 16.7 Å². The maximum absolute atomic E-state index is 13.7. The second-order valence-corrected chi connectivity index (χ2v) is 4.40. The van der Waals surface area contributed by atoms with E-state index >= 15 is 0 Å². The van der Waals surface area contributed by atoms with Crippen LogP contribution in [-0.2, 0) is 0 Å². The van der Waals surface area contributed by atoms with Gasteiger partial charge < -0.3 is 0 Å². The fourth-order valence-corrected chi connectivity index (χ4v) is 1.93. The Morgan fingerprint density at radius 2 is 1.58 bits per heavy atom. The highest BCUT2D eigenvalue weighted by Crippen LogP contribution is 2.32. The molecule has 2 aromatic carbocycles. The molecule has 0 spiro atoms. The average molecular weight is 285 g/mol. The average Bonchev–Trinajstić information content (AvgIpc) is 2.34. The minimum absolute atomic E-state index is 0.00108. The first kappa shape index (κ1) is 13.6. The number of Topliss-reactive ketones (excluding diaryl/α,β-unsaturated/α-hetero) is 1. The molecule has 0 amide bonds. The topological polar surface area (TPSA) is 17.1 Å². The quantitative estimate of drug-likeness (QED) is 0.580. The third kappa shape index (κ3) is 2.63. The van der Waals surface area contributed by atoms with Gasteiger partial charge in [0.15, 0.2) is 17.4 Å². The number of benzene rings is 2. The predicted molar refractivity (Wildman–Crippen MR) is 66.8 cm³/mol. The molecule has 98 valence electrons. The van der Waals surface area contributed by atoms with Crippen LogP contribution >= 0.6 is 11.6 Å². The molecular formula is C14H8ClF3O. The molecular weight excluding hydrogens is 277 g/mol. The fraction of sp³-hybridized carbons (Fsp3) is 0.0714. The molecule has 0 heterocycles. The third-order valence-corrected chi connectivity index (χ3v) is 2.99. The second-order valence-electron chi connectivity index (χ2n) is 4.00. The highest BCUT2D eigenvalue weighted by atomic mass is 35.5. The van der Waals surface area contributed by atoms with Crippen LogP contribution in [0.5, 0.6) is 0 Å². The zero-order valence-corrected chi connectivity index (χ0v) is 10.6. The van der Waals surface area contributed by atoms with Crippen LogP contribution in [0.3, 0.4) is 0 Å². The van der Waals surface area contributed by atoms with Gasteiger partial charge in [-0.05, 0) is 37.3 Å². The molecule has 0 aromatic heterocycles. The van der Waals surface area contributed by atoms with Crippen molar-refractivity contribution in [2.75, 3.05) is 0 Å². The number of carbonyl (C=O) groups excluding carboxylic acids is 1. The van der Waals surface area contributed by atoms with Crippen LogP contribution < -0.4 is 0 Å². The number of hydrogen-bond donors (Lipinski definition) is 0. The second kappa shape index (κ2) is 5.05. The van der Waals surface area contributed by atoms with Crippen molar-refractivity contribution in [2.24, 2.45) is 0 Å². The van der Waals surface area contributed by atoms with Gasteiger partial charge in [0.25, 0.3) is 0 Å². The summed E-state index contributed by atoms with van der Waals surface area (Å²) in [6.07, 6.45) is 0. The first-order valence-electron chi connectivity index (χ1n) is 5.35. The minimum Gasteiger partial charge on any atom is -0.295 e. The van der Waals surface area contributed by atoms with Gasteiger partial charge in [-0.3, -0.25) is 4.79 Å². The Hall–Kier alpha value is -1.81. The Bertz CT molecular complexity index is 668. The largest absolute Gasteiger partial charge is 0.295 e. The third-order valence-electron chi connectivity index (χ3n) is 2.67. The summed E-state index contributed by atoms with van der Waals surface area (Å²) in [6, 6.07) is 5.24. The molecule has 0 saturated carbocycles. The van der Waals surface area contributed by atoms with Crippen LogP contribution in [0.1, 0.15) is 17.3 Å². The summed E-state index contributed by atoms with van der Waals surface area (Å²) in [6.45, 7) is 1.32. The van der Waals surface area contributed by atoms with Gasteiger partial charge in [0.05, 0.1) is 5.02 Å². The molecule has 0 aliphatic rings. The van der Waals surface area contributed by atoms with E-state index in [0.717, 1.165) is 18.2 Å². The van der Waals surface area contributed by atoms with E-state index in [2.05, 4.69) is 0 Å². The first-order valence-corrected chi connectivity index (χ1v) is 5.73. The fourth-order valence-electron chi connectivity index (χ4n) is 1.68. The Balaban J connectivity index is 2.67. The monoisotopic (exact) mass is 284 g/mol. The lowest BCUT2D eigenvalue weighted by molar-refractivity contribution is 0.101. The lowest BCUT2D eigenvalue weighted by Gasteiger charge is -2.08.